The molecule has 0 aliphatic rings. The maximum absolute atomic E-state index is 12.5. The smallest absolute Gasteiger partial charge is 0.361 e. The summed E-state index contributed by atoms with van der Waals surface area (Å²) in [5, 5.41) is 0.177. The summed E-state index contributed by atoms with van der Waals surface area (Å²) in [6.45, 7) is 1.93. The Bertz CT molecular complexity index is 487. The third-order valence-corrected chi connectivity index (χ3v) is 4.33. The molecule has 0 atom stereocenters. The van der Waals surface area contributed by atoms with E-state index >= 15 is 0 Å². The lowest BCUT2D eigenvalue weighted by Gasteiger charge is -2.17. The molecule has 0 saturated heterocycles. The summed E-state index contributed by atoms with van der Waals surface area (Å²) in [5.74, 6) is -0.587. The summed E-state index contributed by atoms with van der Waals surface area (Å²) in [7, 11) is -0.990. The summed E-state index contributed by atoms with van der Waals surface area (Å²) < 4.78 is 27.2. The fourth-order valence-electron chi connectivity index (χ4n) is 1.50. The third-order valence-electron chi connectivity index (χ3n) is 2.39. The minimum atomic E-state index is -3.53. The summed E-state index contributed by atoms with van der Waals surface area (Å²) in [4.78, 5) is 11.6. The predicted molar refractivity (Wildman–Crippen MR) is 72.7 cm³/mol. The first-order valence-electron chi connectivity index (χ1n) is 5.73. The van der Waals surface area contributed by atoms with E-state index in [1.165, 1.54) is 14.2 Å². The molecule has 1 aromatic carbocycles. The summed E-state index contributed by atoms with van der Waals surface area (Å²) in [6, 6.07) is 8.79. The molecule has 0 saturated carbocycles. The molecule has 0 radical (unpaired) electrons. The van der Waals surface area contributed by atoms with Gasteiger partial charge < -0.3 is 13.8 Å². The Balaban J connectivity index is 3.27. The Morgan fingerprint density at radius 3 is 2.26 bits per heavy atom. The minimum absolute atomic E-state index is 0.177. The SMILES string of the molecule is CCOC(=O)/C=C(\c1ccccc1)P(=O)(OC)OC. The van der Waals surface area contributed by atoms with Crippen molar-refractivity contribution in [2.24, 2.45) is 0 Å². The van der Waals surface area contributed by atoms with Gasteiger partial charge in [-0.25, -0.2) is 4.79 Å². The molecule has 0 N–H and O–H groups in total. The van der Waals surface area contributed by atoms with E-state index in [2.05, 4.69) is 0 Å². The fraction of sp³-hybridized carbons (Fsp3) is 0.308. The van der Waals surface area contributed by atoms with E-state index in [4.69, 9.17) is 13.8 Å². The van der Waals surface area contributed by atoms with Gasteiger partial charge in [-0.3, -0.25) is 4.57 Å². The number of hydrogen-bond acceptors (Lipinski definition) is 5. The van der Waals surface area contributed by atoms with Crippen LogP contribution in [0.2, 0.25) is 0 Å². The highest BCUT2D eigenvalue weighted by Gasteiger charge is 2.29. The van der Waals surface area contributed by atoms with Gasteiger partial charge in [-0.05, 0) is 12.5 Å². The molecule has 0 unspecified atom stereocenters. The second-order valence-corrected chi connectivity index (χ2v) is 5.72. The predicted octanol–water partition coefficient (Wildman–Crippen LogP) is 3.08. The summed E-state index contributed by atoms with van der Waals surface area (Å²) in [5.41, 5.74) is 0.586. The first-order chi connectivity index (χ1) is 9.07. The average molecular weight is 284 g/mol. The van der Waals surface area contributed by atoms with E-state index in [0.717, 1.165) is 6.08 Å². The number of ether oxygens (including phenoxy) is 1. The van der Waals surface area contributed by atoms with Gasteiger partial charge in [0.1, 0.15) is 0 Å². The first-order valence-corrected chi connectivity index (χ1v) is 7.27. The lowest BCUT2D eigenvalue weighted by molar-refractivity contribution is -0.137. The Hall–Kier alpha value is -1.42. The van der Waals surface area contributed by atoms with E-state index in [-0.39, 0.29) is 11.9 Å². The molecule has 1 aromatic rings. The van der Waals surface area contributed by atoms with Crippen molar-refractivity contribution in [2.45, 2.75) is 6.92 Å². The number of benzene rings is 1. The molecule has 0 aromatic heterocycles. The van der Waals surface area contributed by atoms with Crippen molar-refractivity contribution in [1.82, 2.24) is 0 Å². The zero-order valence-corrected chi connectivity index (χ0v) is 12.1. The van der Waals surface area contributed by atoms with Crippen molar-refractivity contribution in [3.8, 4) is 0 Å². The monoisotopic (exact) mass is 284 g/mol. The molecule has 1 rings (SSSR count). The number of carbonyl (C=O) groups excluding carboxylic acids is 1. The average Bonchev–Trinajstić information content (AvgIpc) is 2.45. The molecule has 5 nitrogen and oxygen atoms in total. The van der Waals surface area contributed by atoms with Crippen LogP contribution in [-0.4, -0.2) is 26.8 Å². The van der Waals surface area contributed by atoms with Crippen LogP contribution < -0.4 is 0 Å². The molecular formula is C13H17O5P. The fourth-order valence-corrected chi connectivity index (χ4v) is 2.77. The van der Waals surface area contributed by atoms with Crippen molar-refractivity contribution >= 4 is 18.9 Å². The molecule has 104 valence electrons. The highest BCUT2D eigenvalue weighted by Crippen LogP contribution is 2.59. The second kappa shape index (κ2) is 7.24. The molecule has 19 heavy (non-hydrogen) atoms. The molecule has 6 heteroatoms. The topological polar surface area (TPSA) is 61.8 Å². The van der Waals surface area contributed by atoms with Gasteiger partial charge in [-0.1, -0.05) is 30.3 Å². The Morgan fingerprint density at radius 1 is 1.21 bits per heavy atom. The third kappa shape index (κ3) is 4.03. The van der Waals surface area contributed by atoms with Crippen molar-refractivity contribution in [1.29, 1.82) is 0 Å². The Labute approximate surface area is 112 Å². The normalized spacial score (nSPS) is 12.3. The quantitative estimate of drug-likeness (QED) is 0.456. The van der Waals surface area contributed by atoms with Crippen molar-refractivity contribution in [2.75, 3.05) is 20.8 Å². The number of rotatable bonds is 6. The van der Waals surface area contributed by atoms with Crippen LogP contribution in [0.15, 0.2) is 36.4 Å². The molecule has 0 aliphatic carbocycles. The van der Waals surface area contributed by atoms with Crippen molar-refractivity contribution in [3.63, 3.8) is 0 Å². The standard InChI is InChI=1S/C13H17O5P/c1-4-18-13(14)10-12(19(15,16-2)17-3)11-8-6-5-7-9-11/h5-10H,4H2,1-3H3/b12-10+. The van der Waals surface area contributed by atoms with Gasteiger partial charge in [0.15, 0.2) is 0 Å². The lowest BCUT2D eigenvalue weighted by Crippen LogP contribution is -2.02. The van der Waals surface area contributed by atoms with Crippen LogP contribution in [0.3, 0.4) is 0 Å². The van der Waals surface area contributed by atoms with Crippen LogP contribution in [-0.2, 0) is 23.1 Å². The van der Waals surface area contributed by atoms with Gasteiger partial charge in [0.2, 0.25) is 0 Å². The minimum Gasteiger partial charge on any atom is -0.463 e. The van der Waals surface area contributed by atoms with Crippen LogP contribution in [0.5, 0.6) is 0 Å². The lowest BCUT2D eigenvalue weighted by atomic mass is 10.2. The molecular weight excluding hydrogens is 267 g/mol. The Morgan fingerprint density at radius 2 is 1.79 bits per heavy atom. The molecule has 0 spiro atoms. The first kappa shape index (κ1) is 15.6. The molecule has 0 bridgehead atoms. The van der Waals surface area contributed by atoms with Crippen LogP contribution >= 0.6 is 7.60 Å². The van der Waals surface area contributed by atoms with Crippen LogP contribution in [0.4, 0.5) is 0 Å². The van der Waals surface area contributed by atoms with Crippen LogP contribution in [0.1, 0.15) is 12.5 Å². The number of carbonyl (C=O) groups is 1. The molecule has 0 amide bonds. The molecule has 0 heterocycles. The van der Waals surface area contributed by atoms with Gasteiger partial charge in [0.25, 0.3) is 0 Å². The van der Waals surface area contributed by atoms with Gasteiger partial charge in [0.05, 0.1) is 11.9 Å². The zero-order chi connectivity index (χ0) is 14.3. The zero-order valence-electron chi connectivity index (χ0n) is 11.2. The van der Waals surface area contributed by atoms with Crippen molar-refractivity contribution in [3.05, 3.63) is 42.0 Å². The largest absolute Gasteiger partial charge is 0.463 e. The van der Waals surface area contributed by atoms with E-state index in [9.17, 15) is 9.36 Å². The highest BCUT2D eigenvalue weighted by molar-refractivity contribution is 7.65. The summed E-state index contributed by atoms with van der Waals surface area (Å²) >= 11 is 0. The Kier molecular flexibility index (Phi) is 5.96. The molecule has 0 aliphatic heterocycles. The van der Waals surface area contributed by atoms with E-state index in [0.29, 0.717) is 5.56 Å². The van der Waals surface area contributed by atoms with Crippen LogP contribution in [0.25, 0.3) is 5.31 Å². The van der Waals surface area contributed by atoms with Crippen LogP contribution in [0, 0.1) is 0 Å². The maximum Gasteiger partial charge on any atom is 0.361 e. The number of hydrogen-bond donors (Lipinski definition) is 0. The summed E-state index contributed by atoms with van der Waals surface area (Å²) in [6.07, 6.45) is 1.15. The second-order valence-electron chi connectivity index (χ2n) is 3.51. The van der Waals surface area contributed by atoms with Gasteiger partial charge in [-0.15, -0.1) is 0 Å². The van der Waals surface area contributed by atoms with E-state index < -0.39 is 13.6 Å². The highest BCUT2D eigenvalue weighted by atomic mass is 31.2. The molecule has 0 fully saturated rings. The van der Waals surface area contributed by atoms with Gasteiger partial charge in [-0.2, -0.15) is 0 Å². The maximum atomic E-state index is 12.5. The van der Waals surface area contributed by atoms with Gasteiger partial charge in [0, 0.05) is 20.3 Å². The van der Waals surface area contributed by atoms with Crippen molar-refractivity contribution < 1.29 is 23.1 Å². The van der Waals surface area contributed by atoms with E-state index in [1.807, 2.05) is 6.07 Å². The van der Waals surface area contributed by atoms with E-state index in [1.54, 1.807) is 31.2 Å². The number of esters is 1. The van der Waals surface area contributed by atoms with Gasteiger partial charge >= 0.3 is 13.6 Å².